The van der Waals surface area contributed by atoms with Crippen molar-refractivity contribution in [2.45, 2.75) is 13.8 Å². The highest BCUT2D eigenvalue weighted by atomic mass is 16.6. The lowest BCUT2D eigenvalue weighted by Crippen LogP contribution is -2.12. The van der Waals surface area contributed by atoms with Crippen LogP contribution in [-0.4, -0.2) is 22.4 Å². The fraction of sp³-hybridized carbons (Fsp3) is 0.150. The summed E-state index contributed by atoms with van der Waals surface area (Å²) in [4.78, 5) is 25.8. The zero-order chi connectivity index (χ0) is 19.4. The number of aromatic amines is 1. The number of H-pyrrole nitrogens is 1. The molecule has 0 saturated heterocycles. The van der Waals surface area contributed by atoms with E-state index in [4.69, 9.17) is 4.74 Å². The van der Waals surface area contributed by atoms with Crippen LogP contribution in [-0.2, 0) is 0 Å². The molecule has 0 aliphatic rings. The molecule has 138 valence electrons. The maximum Gasteiger partial charge on any atom is 0.272 e. The summed E-state index contributed by atoms with van der Waals surface area (Å²) in [5, 5.41) is 14.3. The normalized spacial score (nSPS) is 10.4. The Balaban J connectivity index is 1.68. The van der Waals surface area contributed by atoms with Crippen molar-refractivity contribution < 1.29 is 14.5 Å². The topological polar surface area (TPSA) is 97.3 Å². The minimum Gasteiger partial charge on any atom is -0.490 e. The zero-order valence-electron chi connectivity index (χ0n) is 15.0. The molecule has 3 aromatic rings. The number of anilines is 1. The van der Waals surface area contributed by atoms with Gasteiger partial charge in [-0.3, -0.25) is 14.9 Å². The van der Waals surface area contributed by atoms with Gasteiger partial charge in [0.15, 0.2) is 0 Å². The van der Waals surface area contributed by atoms with E-state index in [1.54, 1.807) is 36.4 Å². The van der Waals surface area contributed by atoms with Crippen LogP contribution in [0.4, 0.5) is 11.4 Å². The number of nitrogens with one attached hydrogen (secondary N) is 2. The Labute approximate surface area is 155 Å². The van der Waals surface area contributed by atoms with Crippen LogP contribution in [0.1, 0.15) is 24.3 Å². The first-order chi connectivity index (χ1) is 12.9. The Morgan fingerprint density at radius 1 is 1.19 bits per heavy atom. The number of amides is 1. The number of benzene rings is 2. The van der Waals surface area contributed by atoms with Crippen LogP contribution in [0.5, 0.6) is 5.75 Å². The van der Waals surface area contributed by atoms with Crippen molar-refractivity contribution in [3.05, 3.63) is 76.0 Å². The fourth-order valence-electron chi connectivity index (χ4n) is 2.49. The van der Waals surface area contributed by atoms with Crippen LogP contribution in [0.3, 0.4) is 0 Å². The zero-order valence-corrected chi connectivity index (χ0v) is 15.0. The Kier molecular flexibility index (Phi) is 5.21. The van der Waals surface area contributed by atoms with Gasteiger partial charge in [0, 0.05) is 28.7 Å². The van der Waals surface area contributed by atoms with Crippen molar-refractivity contribution in [2.24, 2.45) is 0 Å². The number of carbonyl (C=O) groups is 1. The average Bonchev–Trinajstić information content (AvgIpc) is 3.06. The molecular weight excluding hydrogens is 346 g/mol. The van der Waals surface area contributed by atoms with E-state index in [0.717, 1.165) is 0 Å². The lowest BCUT2D eigenvalue weighted by atomic mass is 10.2. The van der Waals surface area contributed by atoms with Crippen LogP contribution in [0, 0.1) is 10.1 Å². The summed E-state index contributed by atoms with van der Waals surface area (Å²) in [5.41, 5.74) is 2.78. The van der Waals surface area contributed by atoms with E-state index in [9.17, 15) is 14.9 Å². The van der Waals surface area contributed by atoms with Crippen LogP contribution in [0.2, 0.25) is 0 Å². The second-order valence-corrected chi connectivity index (χ2v) is 6.28. The molecule has 1 amide bonds. The second kappa shape index (κ2) is 7.74. The van der Waals surface area contributed by atoms with Crippen molar-refractivity contribution in [1.82, 2.24) is 4.98 Å². The largest absolute Gasteiger partial charge is 0.490 e. The van der Waals surface area contributed by atoms with E-state index in [1.807, 2.05) is 19.9 Å². The molecule has 0 aliphatic heterocycles. The van der Waals surface area contributed by atoms with Crippen LogP contribution in [0.25, 0.3) is 10.9 Å². The molecule has 0 saturated carbocycles. The lowest BCUT2D eigenvalue weighted by Gasteiger charge is -2.06. The van der Waals surface area contributed by atoms with E-state index in [0.29, 0.717) is 34.6 Å². The molecule has 0 radical (unpaired) electrons. The minimum atomic E-state index is -0.465. The third-order valence-corrected chi connectivity index (χ3v) is 3.91. The smallest absolute Gasteiger partial charge is 0.272 e. The van der Waals surface area contributed by atoms with E-state index in [1.165, 1.54) is 17.7 Å². The predicted octanol–water partition coefficient (Wildman–Crippen LogP) is 4.67. The summed E-state index contributed by atoms with van der Waals surface area (Å²) in [7, 11) is 0. The first-order valence-corrected chi connectivity index (χ1v) is 8.37. The van der Waals surface area contributed by atoms with Crippen molar-refractivity contribution in [2.75, 3.05) is 11.9 Å². The number of nitrogens with zero attached hydrogens (tertiary/aromatic N) is 1. The quantitative estimate of drug-likeness (QED) is 0.377. The van der Waals surface area contributed by atoms with E-state index >= 15 is 0 Å². The molecule has 1 heterocycles. The Bertz CT molecular complexity index is 1020. The molecule has 0 aliphatic carbocycles. The highest BCUT2D eigenvalue weighted by molar-refractivity contribution is 6.06. The van der Waals surface area contributed by atoms with Crippen molar-refractivity contribution >= 4 is 28.2 Å². The number of rotatable bonds is 6. The van der Waals surface area contributed by atoms with Crippen LogP contribution >= 0.6 is 0 Å². The number of nitro groups is 1. The van der Waals surface area contributed by atoms with Crippen LogP contribution < -0.4 is 10.1 Å². The maximum absolute atomic E-state index is 12.4. The Morgan fingerprint density at radius 3 is 2.59 bits per heavy atom. The number of nitro benzene ring substituents is 1. The maximum atomic E-state index is 12.4. The molecule has 3 rings (SSSR count). The Morgan fingerprint density at radius 2 is 1.93 bits per heavy atom. The van der Waals surface area contributed by atoms with Gasteiger partial charge in [0.1, 0.15) is 18.1 Å². The number of ether oxygens (including phenoxy) is 1. The first-order valence-electron chi connectivity index (χ1n) is 8.37. The van der Waals surface area contributed by atoms with Gasteiger partial charge >= 0.3 is 0 Å². The first kappa shape index (κ1) is 18.2. The number of allylic oxidation sites excluding steroid dienone is 1. The van der Waals surface area contributed by atoms with Gasteiger partial charge in [-0.25, -0.2) is 0 Å². The number of hydrogen-bond acceptors (Lipinski definition) is 4. The molecule has 27 heavy (non-hydrogen) atoms. The summed E-state index contributed by atoms with van der Waals surface area (Å²) in [6.45, 7) is 4.50. The third-order valence-electron chi connectivity index (χ3n) is 3.91. The lowest BCUT2D eigenvalue weighted by molar-refractivity contribution is -0.384. The molecule has 7 nitrogen and oxygen atoms in total. The standard InChI is InChI=1S/C20H19N3O4/c1-13(2)9-10-27-17-6-3-15(4-7-17)21-20(24)19-12-14-11-16(23(25)26)5-8-18(14)22-19/h3-9,11-12,22H,10H2,1-2H3,(H,21,24). The molecule has 2 aromatic carbocycles. The predicted molar refractivity (Wildman–Crippen MR) is 104 cm³/mol. The molecule has 0 spiro atoms. The number of aromatic nitrogens is 1. The fourth-order valence-corrected chi connectivity index (χ4v) is 2.49. The molecule has 7 heteroatoms. The molecule has 1 aromatic heterocycles. The van der Waals surface area contributed by atoms with Gasteiger partial charge in [-0.15, -0.1) is 0 Å². The van der Waals surface area contributed by atoms with E-state index in [2.05, 4.69) is 10.3 Å². The second-order valence-electron chi connectivity index (χ2n) is 6.28. The van der Waals surface area contributed by atoms with E-state index < -0.39 is 4.92 Å². The SMILES string of the molecule is CC(C)=CCOc1ccc(NC(=O)c2cc3cc([N+](=O)[O-])ccc3[nH]2)cc1. The van der Waals surface area contributed by atoms with Crippen LogP contribution in [0.15, 0.2) is 60.2 Å². The Hall–Kier alpha value is -3.61. The highest BCUT2D eigenvalue weighted by Gasteiger charge is 2.13. The number of fused-ring (bicyclic) bond motifs is 1. The molecule has 0 fully saturated rings. The number of hydrogen-bond donors (Lipinski definition) is 2. The van der Waals surface area contributed by atoms with Crippen molar-refractivity contribution in [3.8, 4) is 5.75 Å². The molecule has 0 atom stereocenters. The molecule has 0 unspecified atom stereocenters. The monoisotopic (exact) mass is 365 g/mol. The summed E-state index contributed by atoms with van der Waals surface area (Å²) >= 11 is 0. The average molecular weight is 365 g/mol. The summed E-state index contributed by atoms with van der Waals surface area (Å²) in [5.74, 6) is 0.385. The van der Waals surface area contributed by atoms with Crippen molar-refractivity contribution in [3.63, 3.8) is 0 Å². The summed E-state index contributed by atoms with van der Waals surface area (Å²) < 4.78 is 5.58. The van der Waals surface area contributed by atoms with Crippen molar-refractivity contribution in [1.29, 1.82) is 0 Å². The van der Waals surface area contributed by atoms with Gasteiger partial charge in [-0.1, -0.05) is 5.57 Å². The highest BCUT2D eigenvalue weighted by Crippen LogP contribution is 2.22. The molecule has 2 N–H and O–H groups in total. The third kappa shape index (κ3) is 4.52. The summed E-state index contributed by atoms with van der Waals surface area (Å²) in [6, 6.07) is 13.1. The van der Waals surface area contributed by atoms with Gasteiger partial charge in [0.2, 0.25) is 0 Å². The summed E-state index contributed by atoms with van der Waals surface area (Å²) in [6.07, 6.45) is 1.98. The molecular formula is C20H19N3O4. The minimum absolute atomic E-state index is 0.0165. The number of non-ortho nitro benzene ring substituents is 1. The number of carbonyl (C=O) groups excluding carboxylic acids is 1. The van der Waals surface area contributed by atoms with E-state index in [-0.39, 0.29) is 11.6 Å². The van der Waals surface area contributed by atoms with Gasteiger partial charge in [0.25, 0.3) is 11.6 Å². The van der Waals surface area contributed by atoms with Gasteiger partial charge in [-0.2, -0.15) is 0 Å². The van der Waals surface area contributed by atoms with Gasteiger partial charge < -0.3 is 15.0 Å². The van der Waals surface area contributed by atoms with Gasteiger partial charge in [-0.05, 0) is 56.3 Å². The van der Waals surface area contributed by atoms with Gasteiger partial charge in [0.05, 0.1) is 4.92 Å². The molecule has 0 bridgehead atoms.